The number of methoxy groups -OCH3 is 1. The molecular formula is C31H26ClN7O4. The number of benzene rings is 3. The molecule has 2 aromatic heterocycles. The molecule has 3 aromatic carbocycles. The average Bonchev–Trinajstić information content (AvgIpc) is 3.76. The van der Waals surface area contributed by atoms with Crippen molar-refractivity contribution < 1.29 is 18.7 Å². The predicted molar refractivity (Wildman–Crippen MR) is 165 cm³/mol. The Morgan fingerprint density at radius 3 is 2.67 bits per heavy atom. The SMILES string of the molecule is C.COc1cccc(NC(=O)c2cc(-c3ccc(/C=C4\C(=O)N(c5cccc(-c6nnn[nH]6)c5)N=C4C)o3)ccc2Cl)c1. The van der Waals surface area contributed by atoms with Gasteiger partial charge in [0.1, 0.15) is 17.3 Å². The second kappa shape index (κ2) is 12.1. The summed E-state index contributed by atoms with van der Waals surface area (Å²) < 4.78 is 11.3. The largest absolute Gasteiger partial charge is 0.497 e. The molecule has 3 heterocycles. The highest BCUT2D eigenvalue weighted by Crippen LogP contribution is 2.31. The summed E-state index contributed by atoms with van der Waals surface area (Å²) in [6, 6.07) is 22.7. The summed E-state index contributed by atoms with van der Waals surface area (Å²) in [6.45, 7) is 1.75. The van der Waals surface area contributed by atoms with Gasteiger partial charge in [-0.25, -0.2) is 5.10 Å². The molecule has 2 N–H and O–H groups in total. The van der Waals surface area contributed by atoms with Crippen LogP contribution in [0.4, 0.5) is 11.4 Å². The molecule has 0 radical (unpaired) electrons. The number of carbonyl (C=O) groups excluding carboxylic acids is 2. The molecule has 0 aliphatic carbocycles. The molecule has 216 valence electrons. The Kier molecular flexibility index (Phi) is 8.17. The first-order valence-electron chi connectivity index (χ1n) is 12.7. The lowest BCUT2D eigenvalue weighted by Crippen LogP contribution is -2.21. The van der Waals surface area contributed by atoms with Gasteiger partial charge in [-0.15, -0.1) is 5.10 Å². The van der Waals surface area contributed by atoms with Crippen LogP contribution in [0.3, 0.4) is 0 Å². The van der Waals surface area contributed by atoms with E-state index in [4.69, 9.17) is 20.8 Å². The van der Waals surface area contributed by atoms with Crippen molar-refractivity contribution in [3.63, 3.8) is 0 Å². The highest BCUT2D eigenvalue weighted by atomic mass is 35.5. The number of aromatic nitrogens is 4. The number of rotatable bonds is 7. The number of ether oxygens (including phenoxy) is 1. The first-order valence-corrected chi connectivity index (χ1v) is 13.1. The molecule has 5 aromatic rings. The molecule has 0 saturated heterocycles. The normalized spacial score (nSPS) is 13.6. The molecule has 12 heteroatoms. The minimum atomic E-state index is -0.379. The maximum atomic E-state index is 13.3. The van der Waals surface area contributed by atoms with E-state index in [9.17, 15) is 9.59 Å². The zero-order valence-corrected chi connectivity index (χ0v) is 23.1. The molecule has 43 heavy (non-hydrogen) atoms. The van der Waals surface area contributed by atoms with Gasteiger partial charge in [0, 0.05) is 22.9 Å². The van der Waals surface area contributed by atoms with Crippen molar-refractivity contribution in [2.45, 2.75) is 14.4 Å². The number of nitrogens with zero attached hydrogens (tertiary/aromatic N) is 5. The van der Waals surface area contributed by atoms with E-state index >= 15 is 0 Å². The van der Waals surface area contributed by atoms with Crippen molar-refractivity contribution in [3.8, 4) is 28.5 Å². The van der Waals surface area contributed by atoms with E-state index in [1.807, 2.05) is 6.07 Å². The van der Waals surface area contributed by atoms with E-state index in [-0.39, 0.29) is 24.8 Å². The van der Waals surface area contributed by atoms with E-state index in [1.165, 1.54) is 5.01 Å². The third kappa shape index (κ3) is 5.92. The van der Waals surface area contributed by atoms with Crippen LogP contribution in [0.15, 0.2) is 94.0 Å². The molecule has 6 rings (SSSR count). The van der Waals surface area contributed by atoms with Crippen LogP contribution in [-0.2, 0) is 4.79 Å². The van der Waals surface area contributed by atoms with Crippen LogP contribution in [-0.4, -0.2) is 45.3 Å². The van der Waals surface area contributed by atoms with Crippen LogP contribution in [0.1, 0.15) is 30.5 Å². The molecule has 0 atom stereocenters. The fraction of sp³-hybridized carbons (Fsp3) is 0.0968. The number of hydrogen-bond donors (Lipinski definition) is 2. The number of hydrogen-bond acceptors (Lipinski definition) is 8. The zero-order chi connectivity index (χ0) is 29.2. The third-order valence-electron chi connectivity index (χ3n) is 6.51. The van der Waals surface area contributed by atoms with Crippen LogP contribution in [0, 0.1) is 0 Å². The highest BCUT2D eigenvalue weighted by molar-refractivity contribution is 6.34. The Bertz CT molecular complexity index is 1880. The fourth-order valence-corrected chi connectivity index (χ4v) is 4.61. The standard InChI is InChI=1S/C30H22ClN7O4.CH4/c1-17-24(30(40)38(35-17)21-7-3-5-19(13-21)28-33-36-37-34-28)16-23-10-12-27(42-23)18-9-11-26(31)25(14-18)29(39)32-20-6-4-8-22(15-20)41-2;/h3-16H,1-2H3,(H,32,39)(H,33,34,36,37);1H4/b24-16-;. The summed E-state index contributed by atoms with van der Waals surface area (Å²) in [7, 11) is 1.56. The summed E-state index contributed by atoms with van der Waals surface area (Å²) in [5.41, 5.74) is 3.69. The number of tetrazole rings is 1. The molecular weight excluding hydrogens is 570 g/mol. The Hall–Kier alpha value is -5.55. The minimum Gasteiger partial charge on any atom is -0.497 e. The number of nitrogens with one attached hydrogen (secondary N) is 2. The Morgan fingerprint density at radius 2 is 1.88 bits per heavy atom. The van der Waals surface area contributed by atoms with Crippen LogP contribution in [0.25, 0.3) is 28.8 Å². The fourth-order valence-electron chi connectivity index (χ4n) is 4.41. The maximum absolute atomic E-state index is 13.3. The zero-order valence-electron chi connectivity index (χ0n) is 22.3. The van der Waals surface area contributed by atoms with Crippen molar-refractivity contribution in [2.24, 2.45) is 5.10 Å². The number of halogens is 1. The van der Waals surface area contributed by atoms with Crippen molar-refractivity contribution in [1.29, 1.82) is 0 Å². The number of anilines is 2. The van der Waals surface area contributed by atoms with Gasteiger partial charge in [0.15, 0.2) is 5.82 Å². The molecule has 1 aliphatic rings. The second-order valence-corrected chi connectivity index (χ2v) is 9.65. The number of aromatic amines is 1. The molecule has 2 amide bonds. The molecule has 0 bridgehead atoms. The topological polar surface area (TPSA) is 139 Å². The van der Waals surface area contributed by atoms with Crippen LogP contribution < -0.4 is 15.1 Å². The van der Waals surface area contributed by atoms with E-state index in [1.54, 1.807) is 92.9 Å². The van der Waals surface area contributed by atoms with Gasteiger partial charge in [0.2, 0.25) is 0 Å². The number of H-pyrrole nitrogens is 1. The number of furan rings is 1. The smallest absolute Gasteiger partial charge is 0.280 e. The van der Waals surface area contributed by atoms with Gasteiger partial charge in [-0.3, -0.25) is 9.59 Å². The molecule has 0 unspecified atom stereocenters. The lowest BCUT2D eigenvalue weighted by molar-refractivity contribution is -0.114. The Morgan fingerprint density at radius 1 is 1.05 bits per heavy atom. The lowest BCUT2D eigenvalue weighted by Gasteiger charge is -2.12. The molecule has 0 fully saturated rings. The van der Waals surface area contributed by atoms with Gasteiger partial charge in [0.05, 0.1) is 34.7 Å². The van der Waals surface area contributed by atoms with Gasteiger partial charge in [0.25, 0.3) is 11.8 Å². The molecule has 0 spiro atoms. The van der Waals surface area contributed by atoms with Gasteiger partial charge >= 0.3 is 0 Å². The monoisotopic (exact) mass is 595 g/mol. The van der Waals surface area contributed by atoms with Gasteiger partial charge in [-0.05, 0) is 78.0 Å². The van der Waals surface area contributed by atoms with Crippen LogP contribution in [0.2, 0.25) is 5.02 Å². The first kappa shape index (κ1) is 29.0. The van der Waals surface area contributed by atoms with Crippen molar-refractivity contribution >= 4 is 46.6 Å². The molecule has 1 aliphatic heterocycles. The summed E-state index contributed by atoms with van der Waals surface area (Å²) >= 11 is 6.36. The van der Waals surface area contributed by atoms with Gasteiger partial charge < -0.3 is 14.5 Å². The van der Waals surface area contributed by atoms with Crippen LogP contribution >= 0.6 is 11.6 Å². The Balaban J connectivity index is 0.00000368. The minimum absolute atomic E-state index is 0. The summed E-state index contributed by atoms with van der Waals surface area (Å²) in [4.78, 5) is 26.3. The van der Waals surface area contributed by atoms with E-state index in [0.717, 1.165) is 0 Å². The third-order valence-corrected chi connectivity index (χ3v) is 6.84. The van der Waals surface area contributed by atoms with Crippen LogP contribution in [0.5, 0.6) is 5.75 Å². The van der Waals surface area contributed by atoms with E-state index in [2.05, 4.69) is 31.0 Å². The lowest BCUT2D eigenvalue weighted by atomic mass is 10.1. The summed E-state index contributed by atoms with van der Waals surface area (Å²) in [5, 5.41) is 22.7. The quantitative estimate of drug-likeness (QED) is 0.205. The predicted octanol–water partition coefficient (Wildman–Crippen LogP) is 6.48. The van der Waals surface area contributed by atoms with Crippen molar-refractivity contribution in [3.05, 3.63) is 101 Å². The number of hydrazone groups is 1. The summed E-state index contributed by atoms with van der Waals surface area (Å²) in [5.74, 6) is 1.36. The number of carbonyl (C=O) groups is 2. The molecule has 11 nitrogen and oxygen atoms in total. The Labute approximate surface area is 251 Å². The number of amides is 2. The van der Waals surface area contributed by atoms with E-state index < -0.39 is 0 Å². The van der Waals surface area contributed by atoms with Gasteiger partial charge in [-0.2, -0.15) is 10.1 Å². The first-order chi connectivity index (χ1) is 20.4. The van der Waals surface area contributed by atoms with E-state index in [0.29, 0.717) is 61.9 Å². The summed E-state index contributed by atoms with van der Waals surface area (Å²) in [6.07, 6.45) is 1.64. The maximum Gasteiger partial charge on any atom is 0.280 e. The second-order valence-electron chi connectivity index (χ2n) is 9.24. The van der Waals surface area contributed by atoms with Crippen molar-refractivity contribution in [1.82, 2.24) is 20.6 Å². The molecule has 0 saturated carbocycles. The average molecular weight is 596 g/mol. The van der Waals surface area contributed by atoms with Gasteiger partial charge in [-0.1, -0.05) is 37.2 Å². The highest BCUT2D eigenvalue weighted by Gasteiger charge is 2.29. The van der Waals surface area contributed by atoms with Crippen molar-refractivity contribution in [2.75, 3.05) is 17.4 Å².